The maximum atomic E-state index is 11.7. The fourth-order valence-electron chi connectivity index (χ4n) is 1.23. The summed E-state index contributed by atoms with van der Waals surface area (Å²) in [6.45, 7) is 2.73. The van der Waals surface area contributed by atoms with Gasteiger partial charge in [-0.3, -0.25) is 4.79 Å². The summed E-state index contributed by atoms with van der Waals surface area (Å²) in [6.07, 6.45) is 0.919. The first-order valence-corrected chi connectivity index (χ1v) is 6.11. The number of rotatable bonds is 5. The third-order valence-corrected chi connectivity index (χ3v) is 2.64. The van der Waals surface area contributed by atoms with Gasteiger partial charge in [-0.2, -0.15) is 0 Å². The maximum Gasteiger partial charge on any atom is 0.251 e. The van der Waals surface area contributed by atoms with Crippen LogP contribution in [0.5, 0.6) is 5.75 Å². The van der Waals surface area contributed by atoms with E-state index in [2.05, 4.69) is 28.2 Å². The molecule has 0 aromatic heterocycles. The molecule has 3 nitrogen and oxygen atoms in total. The average molecular weight is 286 g/mol. The molecule has 16 heavy (non-hydrogen) atoms. The summed E-state index contributed by atoms with van der Waals surface area (Å²) in [5.74, 6) is 0.710. The second-order valence-electron chi connectivity index (χ2n) is 3.55. The fourth-order valence-corrected chi connectivity index (χ4v) is 1.46. The van der Waals surface area contributed by atoms with Crippen LogP contribution in [0.3, 0.4) is 0 Å². The zero-order valence-electron chi connectivity index (χ0n) is 9.50. The van der Waals surface area contributed by atoms with Gasteiger partial charge in [-0.1, -0.05) is 22.9 Å². The molecule has 0 saturated heterocycles. The minimum absolute atomic E-state index is 0.0456. The Bertz CT molecular complexity index is 335. The molecule has 0 saturated carbocycles. The topological polar surface area (TPSA) is 38.3 Å². The number of hydrogen-bond donors (Lipinski definition) is 1. The van der Waals surface area contributed by atoms with E-state index < -0.39 is 0 Å². The van der Waals surface area contributed by atoms with Crippen LogP contribution in [0.15, 0.2) is 24.3 Å². The van der Waals surface area contributed by atoms with E-state index in [1.807, 2.05) is 0 Å². The second kappa shape index (κ2) is 6.53. The van der Waals surface area contributed by atoms with Crippen LogP contribution in [0.2, 0.25) is 0 Å². The van der Waals surface area contributed by atoms with Gasteiger partial charge in [0.25, 0.3) is 5.91 Å². The molecule has 1 N–H and O–H groups in total. The molecule has 1 aromatic carbocycles. The summed E-state index contributed by atoms with van der Waals surface area (Å²) in [7, 11) is 1.60. The molecule has 0 aliphatic carbocycles. The highest BCUT2D eigenvalue weighted by Crippen LogP contribution is 2.11. The first kappa shape index (κ1) is 13.0. The maximum absolute atomic E-state index is 11.7. The van der Waals surface area contributed by atoms with Gasteiger partial charge in [0.05, 0.1) is 7.11 Å². The summed E-state index contributed by atoms with van der Waals surface area (Å²) in [5, 5.41) is 2.86. The Hall–Kier alpha value is -1.03. The normalized spacial score (nSPS) is 11.9. The molecule has 4 heteroatoms. The van der Waals surface area contributed by atoms with Gasteiger partial charge in [0.15, 0.2) is 0 Å². The van der Waals surface area contributed by atoms with E-state index >= 15 is 0 Å². The Morgan fingerprint density at radius 1 is 1.44 bits per heavy atom. The van der Waals surface area contributed by atoms with Gasteiger partial charge in [0.1, 0.15) is 5.75 Å². The standard InChI is InChI=1S/C12H16BrNO2/c1-9(13)7-8-14-12(15)10-3-5-11(16-2)6-4-10/h3-6,9H,7-8H2,1-2H3,(H,14,15). The van der Waals surface area contributed by atoms with Crippen molar-refractivity contribution in [2.45, 2.75) is 18.2 Å². The predicted molar refractivity (Wildman–Crippen MR) is 68.3 cm³/mol. The van der Waals surface area contributed by atoms with Crippen LogP contribution in [0.1, 0.15) is 23.7 Å². The summed E-state index contributed by atoms with van der Waals surface area (Å²) >= 11 is 3.43. The quantitative estimate of drug-likeness (QED) is 0.845. The number of methoxy groups -OCH3 is 1. The van der Waals surface area contributed by atoms with Crippen molar-refractivity contribution < 1.29 is 9.53 Å². The van der Waals surface area contributed by atoms with E-state index in [-0.39, 0.29) is 5.91 Å². The molecule has 0 radical (unpaired) electrons. The number of hydrogen-bond acceptors (Lipinski definition) is 2. The van der Waals surface area contributed by atoms with E-state index in [0.717, 1.165) is 12.2 Å². The molecule has 0 bridgehead atoms. The van der Waals surface area contributed by atoms with Gasteiger partial charge in [0, 0.05) is 16.9 Å². The van der Waals surface area contributed by atoms with E-state index in [1.54, 1.807) is 31.4 Å². The lowest BCUT2D eigenvalue weighted by molar-refractivity contribution is 0.0953. The van der Waals surface area contributed by atoms with Crippen LogP contribution in [0.4, 0.5) is 0 Å². The number of nitrogens with one attached hydrogen (secondary N) is 1. The number of carbonyl (C=O) groups is 1. The SMILES string of the molecule is COc1ccc(C(=O)NCCC(C)Br)cc1. The Kier molecular flexibility index (Phi) is 5.32. The number of amides is 1. The summed E-state index contributed by atoms with van der Waals surface area (Å²) in [5.41, 5.74) is 0.656. The summed E-state index contributed by atoms with van der Waals surface area (Å²) < 4.78 is 5.02. The molecule has 0 spiro atoms. The summed E-state index contributed by atoms with van der Waals surface area (Å²) in [6, 6.07) is 7.07. The first-order chi connectivity index (χ1) is 7.63. The minimum Gasteiger partial charge on any atom is -0.497 e. The van der Waals surface area contributed by atoms with E-state index in [4.69, 9.17) is 4.74 Å². The number of alkyl halides is 1. The zero-order valence-corrected chi connectivity index (χ0v) is 11.1. The Morgan fingerprint density at radius 2 is 2.06 bits per heavy atom. The van der Waals surface area contributed by atoms with Crippen molar-refractivity contribution in [3.05, 3.63) is 29.8 Å². The van der Waals surface area contributed by atoms with Gasteiger partial charge < -0.3 is 10.1 Å². The van der Waals surface area contributed by atoms with E-state index in [1.165, 1.54) is 0 Å². The van der Waals surface area contributed by atoms with Gasteiger partial charge in [0.2, 0.25) is 0 Å². The molecule has 1 amide bonds. The van der Waals surface area contributed by atoms with Crippen molar-refractivity contribution in [3.63, 3.8) is 0 Å². The predicted octanol–water partition coefficient (Wildman–Crippen LogP) is 2.60. The van der Waals surface area contributed by atoms with Crippen molar-refractivity contribution in [2.24, 2.45) is 0 Å². The van der Waals surface area contributed by atoms with E-state index in [9.17, 15) is 4.79 Å². The van der Waals surface area contributed by atoms with Gasteiger partial charge >= 0.3 is 0 Å². The molecule has 0 heterocycles. The third kappa shape index (κ3) is 4.23. The highest BCUT2D eigenvalue weighted by molar-refractivity contribution is 9.09. The van der Waals surface area contributed by atoms with E-state index in [0.29, 0.717) is 16.9 Å². The van der Waals surface area contributed by atoms with Crippen molar-refractivity contribution in [1.29, 1.82) is 0 Å². The molecular weight excluding hydrogens is 270 g/mol. The molecule has 1 rings (SSSR count). The number of halogens is 1. The molecule has 0 aliphatic heterocycles. The smallest absolute Gasteiger partial charge is 0.251 e. The number of ether oxygens (including phenoxy) is 1. The van der Waals surface area contributed by atoms with Crippen molar-refractivity contribution in [3.8, 4) is 5.75 Å². The Balaban J connectivity index is 2.46. The lowest BCUT2D eigenvalue weighted by atomic mass is 10.2. The molecule has 88 valence electrons. The van der Waals surface area contributed by atoms with Gasteiger partial charge in [-0.25, -0.2) is 0 Å². The highest BCUT2D eigenvalue weighted by Gasteiger charge is 2.05. The molecule has 1 atom stereocenters. The minimum atomic E-state index is -0.0456. The molecular formula is C12H16BrNO2. The molecule has 0 aliphatic rings. The summed E-state index contributed by atoms with van der Waals surface area (Å²) in [4.78, 5) is 12.1. The van der Waals surface area contributed by atoms with Crippen LogP contribution < -0.4 is 10.1 Å². The second-order valence-corrected chi connectivity index (χ2v) is 5.12. The van der Waals surface area contributed by atoms with Crippen molar-refractivity contribution >= 4 is 21.8 Å². The third-order valence-electron chi connectivity index (χ3n) is 2.18. The van der Waals surface area contributed by atoms with Crippen molar-refractivity contribution in [2.75, 3.05) is 13.7 Å². The number of carbonyl (C=O) groups excluding carboxylic acids is 1. The first-order valence-electron chi connectivity index (χ1n) is 5.20. The lowest BCUT2D eigenvalue weighted by Gasteiger charge is -2.06. The van der Waals surface area contributed by atoms with Crippen LogP contribution >= 0.6 is 15.9 Å². The van der Waals surface area contributed by atoms with Crippen molar-refractivity contribution in [1.82, 2.24) is 5.32 Å². The van der Waals surface area contributed by atoms with Gasteiger partial charge in [-0.15, -0.1) is 0 Å². The largest absolute Gasteiger partial charge is 0.497 e. The Morgan fingerprint density at radius 3 is 2.56 bits per heavy atom. The number of benzene rings is 1. The molecule has 1 unspecified atom stereocenters. The Labute approximate surface area is 104 Å². The van der Waals surface area contributed by atoms with Crippen LogP contribution in [-0.4, -0.2) is 24.4 Å². The van der Waals surface area contributed by atoms with Gasteiger partial charge in [-0.05, 0) is 30.7 Å². The average Bonchev–Trinajstić information content (AvgIpc) is 2.28. The van der Waals surface area contributed by atoms with Crippen LogP contribution in [0, 0.1) is 0 Å². The monoisotopic (exact) mass is 285 g/mol. The lowest BCUT2D eigenvalue weighted by Crippen LogP contribution is -2.25. The molecule has 0 fully saturated rings. The van der Waals surface area contributed by atoms with Crippen LogP contribution in [-0.2, 0) is 0 Å². The van der Waals surface area contributed by atoms with Crippen LogP contribution in [0.25, 0.3) is 0 Å². The zero-order chi connectivity index (χ0) is 12.0. The molecule has 1 aromatic rings. The highest BCUT2D eigenvalue weighted by atomic mass is 79.9. The fraction of sp³-hybridized carbons (Fsp3) is 0.417.